The second-order valence-corrected chi connectivity index (χ2v) is 9.69. The Bertz CT molecular complexity index is 1050. The molecule has 1 saturated heterocycles. The Hall–Kier alpha value is -2.99. The first-order valence-corrected chi connectivity index (χ1v) is 12.1. The van der Waals surface area contributed by atoms with Crippen LogP contribution < -0.4 is 10.6 Å². The molecule has 2 heterocycles. The van der Waals surface area contributed by atoms with Gasteiger partial charge in [0.05, 0.1) is 0 Å². The number of nitrogens with one attached hydrogen (secondary N) is 2. The van der Waals surface area contributed by atoms with Crippen molar-refractivity contribution in [3.8, 4) is 0 Å². The zero-order chi connectivity index (χ0) is 22.8. The van der Waals surface area contributed by atoms with Gasteiger partial charge in [0, 0.05) is 31.1 Å². The number of hydrogen-bond donors (Lipinski definition) is 2. The molecule has 5 rings (SSSR count). The van der Waals surface area contributed by atoms with Gasteiger partial charge in [-0.25, -0.2) is 0 Å². The van der Waals surface area contributed by atoms with Crippen LogP contribution in [-0.2, 0) is 29.1 Å². The third kappa shape index (κ3) is 4.86. The monoisotopic (exact) mass is 445 g/mol. The number of imide groups is 1. The predicted molar refractivity (Wildman–Crippen MR) is 125 cm³/mol. The molecule has 6 heteroatoms. The Morgan fingerprint density at radius 1 is 0.970 bits per heavy atom. The minimum Gasteiger partial charge on any atom is -0.322 e. The molecule has 6 nitrogen and oxygen atoms in total. The highest BCUT2D eigenvalue weighted by molar-refractivity contribution is 6.05. The lowest BCUT2D eigenvalue weighted by atomic mass is 9.82. The maximum Gasteiger partial charge on any atom is 0.255 e. The minimum atomic E-state index is -0.562. The van der Waals surface area contributed by atoms with E-state index in [1.807, 2.05) is 12.1 Å². The molecule has 1 unspecified atom stereocenters. The van der Waals surface area contributed by atoms with E-state index in [9.17, 15) is 14.4 Å². The van der Waals surface area contributed by atoms with Crippen LogP contribution in [0.3, 0.4) is 0 Å². The van der Waals surface area contributed by atoms with Crippen molar-refractivity contribution in [2.75, 3.05) is 0 Å². The van der Waals surface area contributed by atoms with Crippen molar-refractivity contribution in [2.45, 2.75) is 70.1 Å². The van der Waals surface area contributed by atoms with Gasteiger partial charge in [-0.3, -0.25) is 19.7 Å². The summed E-state index contributed by atoms with van der Waals surface area (Å²) in [7, 11) is 0. The van der Waals surface area contributed by atoms with Gasteiger partial charge in [0.25, 0.3) is 5.91 Å². The third-order valence-electron chi connectivity index (χ3n) is 7.33. The molecule has 3 amide bonds. The van der Waals surface area contributed by atoms with Crippen LogP contribution in [0.1, 0.15) is 65.6 Å². The van der Waals surface area contributed by atoms with Crippen molar-refractivity contribution in [1.82, 2.24) is 15.5 Å². The highest BCUT2D eigenvalue weighted by atomic mass is 16.2. The van der Waals surface area contributed by atoms with Gasteiger partial charge < -0.3 is 10.2 Å². The predicted octanol–water partition coefficient (Wildman–Crippen LogP) is 3.34. The largest absolute Gasteiger partial charge is 0.322 e. The number of carbonyl (C=O) groups excluding carboxylic acids is 3. The molecule has 0 aromatic heterocycles. The van der Waals surface area contributed by atoms with Crippen molar-refractivity contribution in [2.24, 2.45) is 5.92 Å². The summed E-state index contributed by atoms with van der Waals surface area (Å²) in [4.78, 5) is 38.2. The molecule has 2 aromatic carbocycles. The lowest BCUT2D eigenvalue weighted by Gasteiger charge is -2.30. The van der Waals surface area contributed by atoms with E-state index in [0.29, 0.717) is 24.6 Å². The van der Waals surface area contributed by atoms with E-state index in [-0.39, 0.29) is 24.1 Å². The molecule has 2 N–H and O–H groups in total. The van der Waals surface area contributed by atoms with Gasteiger partial charge in [0.15, 0.2) is 0 Å². The summed E-state index contributed by atoms with van der Waals surface area (Å²) in [5.74, 6) is -0.0208. The normalized spacial score (nSPS) is 25.2. The zero-order valence-electron chi connectivity index (χ0n) is 18.9. The van der Waals surface area contributed by atoms with Gasteiger partial charge in [-0.1, -0.05) is 55.3 Å². The van der Waals surface area contributed by atoms with Gasteiger partial charge in [-0.05, 0) is 54.4 Å². The van der Waals surface area contributed by atoms with Gasteiger partial charge in [-0.15, -0.1) is 0 Å². The molecule has 0 spiro atoms. The number of fused-ring (bicyclic) bond motifs is 1. The van der Waals surface area contributed by atoms with Crippen LogP contribution in [-0.4, -0.2) is 34.7 Å². The molecule has 2 aromatic rings. The molecular weight excluding hydrogens is 414 g/mol. The molecular formula is C27H31N3O3. The van der Waals surface area contributed by atoms with E-state index in [4.69, 9.17) is 0 Å². The smallest absolute Gasteiger partial charge is 0.255 e. The summed E-state index contributed by atoms with van der Waals surface area (Å²) >= 11 is 0. The first kappa shape index (κ1) is 21.8. The minimum absolute atomic E-state index is 0.116. The Morgan fingerprint density at radius 2 is 1.82 bits per heavy atom. The van der Waals surface area contributed by atoms with Crippen LogP contribution in [0.5, 0.6) is 0 Å². The Labute approximate surface area is 194 Å². The van der Waals surface area contributed by atoms with E-state index in [0.717, 1.165) is 30.0 Å². The van der Waals surface area contributed by atoms with Gasteiger partial charge >= 0.3 is 0 Å². The highest BCUT2D eigenvalue weighted by Gasteiger charge is 2.39. The van der Waals surface area contributed by atoms with Crippen LogP contribution in [0.25, 0.3) is 0 Å². The molecule has 1 aliphatic carbocycles. The van der Waals surface area contributed by atoms with Crippen LogP contribution in [0.4, 0.5) is 0 Å². The van der Waals surface area contributed by atoms with Gasteiger partial charge in [-0.2, -0.15) is 0 Å². The SMILES string of the molecule is O=C1CCC(N2Cc3cc(CN[C@@H]4CCC[C@H](Cc5ccccc5)C4)ccc3C2=O)C(=O)N1. The van der Waals surface area contributed by atoms with E-state index < -0.39 is 6.04 Å². The second-order valence-electron chi connectivity index (χ2n) is 9.69. The summed E-state index contributed by atoms with van der Waals surface area (Å²) in [6, 6.07) is 16.7. The average Bonchev–Trinajstić information content (AvgIpc) is 3.14. The first-order chi connectivity index (χ1) is 16.1. The summed E-state index contributed by atoms with van der Waals surface area (Å²) < 4.78 is 0. The summed E-state index contributed by atoms with van der Waals surface area (Å²) in [6.45, 7) is 1.21. The van der Waals surface area contributed by atoms with Crippen molar-refractivity contribution >= 4 is 17.7 Å². The maximum atomic E-state index is 12.9. The molecule has 3 atom stereocenters. The highest BCUT2D eigenvalue weighted by Crippen LogP contribution is 2.30. The Balaban J connectivity index is 1.18. The van der Waals surface area contributed by atoms with Crippen molar-refractivity contribution in [3.05, 3.63) is 70.8 Å². The number of hydrogen-bond acceptors (Lipinski definition) is 4. The van der Waals surface area contributed by atoms with Crippen molar-refractivity contribution in [1.29, 1.82) is 0 Å². The second kappa shape index (κ2) is 9.48. The van der Waals surface area contributed by atoms with Crippen LogP contribution in [0.15, 0.2) is 48.5 Å². The molecule has 172 valence electrons. The quantitative estimate of drug-likeness (QED) is 0.669. The summed E-state index contributed by atoms with van der Waals surface area (Å²) in [6.07, 6.45) is 6.78. The van der Waals surface area contributed by atoms with Crippen LogP contribution >= 0.6 is 0 Å². The standard InChI is InChI=1S/C27H31N3O3/c31-25-12-11-24(26(32)29-25)30-17-21-14-20(9-10-23(21)27(30)33)16-28-22-8-4-7-19(15-22)13-18-5-2-1-3-6-18/h1-3,5-6,9-10,14,19,22,24,28H,4,7-8,11-13,15-17H2,(H,29,31,32)/t19-,22-,24?/m1/s1. The molecule has 2 fully saturated rings. The molecule has 1 saturated carbocycles. The zero-order valence-corrected chi connectivity index (χ0v) is 18.9. The molecule has 0 bridgehead atoms. The van der Waals surface area contributed by atoms with Gasteiger partial charge in [0.2, 0.25) is 11.8 Å². The average molecular weight is 446 g/mol. The van der Waals surface area contributed by atoms with E-state index in [1.54, 1.807) is 4.90 Å². The lowest BCUT2D eigenvalue weighted by Crippen LogP contribution is -2.52. The first-order valence-electron chi connectivity index (χ1n) is 12.1. The lowest BCUT2D eigenvalue weighted by molar-refractivity contribution is -0.136. The number of benzene rings is 2. The molecule has 3 aliphatic rings. The number of piperidine rings is 1. The maximum absolute atomic E-state index is 12.9. The summed E-state index contributed by atoms with van der Waals surface area (Å²) in [5, 5.41) is 6.10. The third-order valence-corrected chi connectivity index (χ3v) is 7.33. The number of nitrogens with zero attached hydrogens (tertiary/aromatic N) is 1. The summed E-state index contributed by atoms with van der Waals surface area (Å²) in [5.41, 5.74) is 4.22. The van der Waals surface area contributed by atoms with E-state index >= 15 is 0 Å². The van der Waals surface area contributed by atoms with Crippen LogP contribution in [0.2, 0.25) is 0 Å². The molecule has 0 radical (unpaired) electrons. The van der Waals surface area contributed by atoms with Crippen molar-refractivity contribution in [3.63, 3.8) is 0 Å². The van der Waals surface area contributed by atoms with E-state index in [1.165, 1.54) is 31.2 Å². The molecule has 2 aliphatic heterocycles. The fraction of sp³-hybridized carbons (Fsp3) is 0.444. The van der Waals surface area contributed by atoms with Crippen molar-refractivity contribution < 1.29 is 14.4 Å². The fourth-order valence-electron chi connectivity index (χ4n) is 5.61. The van der Waals surface area contributed by atoms with Crippen LogP contribution in [0, 0.1) is 5.92 Å². The van der Waals surface area contributed by atoms with E-state index in [2.05, 4.69) is 47.0 Å². The Kier molecular flexibility index (Phi) is 6.27. The topological polar surface area (TPSA) is 78.5 Å². The molecule has 33 heavy (non-hydrogen) atoms. The number of carbonyl (C=O) groups is 3. The number of amides is 3. The fourth-order valence-corrected chi connectivity index (χ4v) is 5.61. The number of rotatable bonds is 6. The van der Waals surface area contributed by atoms with Gasteiger partial charge in [0.1, 0.15) is 6.04 Å². The Morgan fingerprint density at radius 3 is 2.64 bits per heavy atom.